The molecule has 1 heterocycles. The molecule has 1 saturated carbocycles. The van der Waals surface area contributed by atoms with Gasteiger partial charge in [0, 0.05) is 17.0 Å². The van der Waals surface area contributed by atoms with Crippen LogP contribution in [0.4, 0.5) is 0 Å². The van der Waals surface area contributed by atoms with E-state index in [9.17, 15) is 0 Å². The molecule has 0 atom stereocenters. The van der Waals surface area contributed by atoms with Gasteiger partial charge in [-0.3, -0.25) is 0 Å². The monoisotopic (exact) mass is 207 g/mol. The van der Waals surface area contributed by atoms with Crippen molar-refractivity contribution in [2.45, 2.75) is 24.7 Å². The molecular weight excluding hydrogens is 194 g/mol. The largest absolute Gasteiger partial charge is 0.316 e. The lowest BCUT2D eigenvalue weighted by Gasteiger charge is -2.15. The van der Waals surface area contributed by atoms with Crippen LogP contribution >= 0.6 is 11.6 Å². The Morgan fingerprint density at radius 3 is 2.93 bits per heavy atom. The first-order valence-electron chi connectivity index (χ1n) is 5.30. The van der Waals surface area contributed by atoms with Gasteiger partial charge in [0.05, 0.1) is 0 Å². The summed E-state index contributed by atoms with van der Waals surface area (Å²) in [6.45, 7) is 2.25. The molecule has 14 heavy (non-hydrogen) atoms. The van der Waals surface area contributed by atoms with E-state index in [0.717, 1.165) is 24.5 Å². The zero-order valence-corrected chi connectivity index (χ0v) is 8.90. The van der Waals surface area contributed by atoms with E-state index in [0.29, 0.717) is 5.41 Å². The number of hydrogen-bond donors (Lipinski definition) is 1. The molecule has 0 aromatic heterocycles. The predicted octanol–water partition coefficient (Wildman–Crippen LogP) is 2.52. The van der Waals surface area contributed by atoms with Crippen LogP contribution in [-0.2, 0) is 11.8 Å². The van der Waals surface area contributed by atoms with E-state index in [2.05, 4.69) is 17.4 Å². The summed E-state index contributed by atoms with van der Waals surface area (Å²) in [4.78, 5) is 0. The van der Waals surface area contributed by atoms with Crippen LogP contribution in [0.2, 0.25) is 5.02 Å². The standard InChI is InChI=1S/C12H14ClN/c13-10-1-2-11-9(7-10)3-6-14-8-12(11)4-5-12/h1-2,7,14H,3-6,8H2. The molecule has 1 fully saturated rings. The smallest absolute Gasteiger partial charge is 0.0408 e. The maximum atomic E-state index is 6.02. The van der Waals surface area contributed by atoms with Gasteiger partial charge >= 0.3 is 0 Å². The van der Waals surface area contributed by atoms with E-state index in [-0.39, 0.29) is 0 Å². The number of rotatable bonds is 0. The van der Waals surface area contributed by atoms with Crippen molar-refractivity contribution in [2.75, 3.05) is 13.1 Å². The predicted molar refractivity (Wildman–Crippen MR) is 58.9 cm³/mol. The second-order valence-corrected chi connectivity index (χ2v) is 4.95. The van der Waals surface area contributed by atoms with E-state index in [1.165, 1.54) is 18.4 Å². The third kappa shape index (κ3) is 1.27. The second-order valence-electron chi connectivity index (χ2n) is 4.51. The third-order valence-corrected chi connectivity index (χ3v) is 3.76. The molecule has 0 saturated heterocycles. The average molecular weight is 208 g/mol. The van der Waals surface area contributed by atoms with Crippen molar-refractivity contribution in [1.82, 2.24) is 5.32 Å². The van der Waals surface area contributed by atoms with Crippen molar-refractivity contribution in [3.05, 3.63) is 34.3 Å². The van der Waals surface area contributed by atoms with Crippen molar-refractivity contribution in [1.29, 1.82) is 0 Å². The molecule has 1 nitrogen and oxygen atoms in total. The lowest BCUT2D eigenvalue weighted by Crippen LogP contribution is -2.24. The quantitative estimate of drug-likeness (QED) is 0.690. The van der Waals surface area contributed by atoms with Crippen LogP contribution in [0.15, 0.2) is 18.2 Å². The summed E-state index contributed by atoms with van der Waals surface area (Å²) >= 11 is 6.02. The molecule has 0 radical (unpaired) electrons. The van der Waals surface area contributed by atoms with Gasteiger partial charge in [0.15, 0.2) is 0 Å². The SMILES string of the molecule is Clc1ccc2c(c1)CCNCC21CC1. The van der Waals surface area contributed by atoms with Crippen molar-refractivity contribution in [3.63, 3.8) is 0 Å². The maximum absolute atomic E-state index is 6.02. The minimum Gasteiger partial charge on any atom is -0.316 e. The van der Waals surface area contributed by atoms with E-state index >= 15 is 0 Å². The molecule has 1 spiro atoms. The van der Waals surface area contributed by atoms with Crippen LogP contribution in [0.1, 0.15) is 24.0 Å². The first-order chi connectivity index (χ1) is 6.80. The average Bonchev–Trinajstić information content (AvgIpc) is 2.95. The van der Waals surface area contributed by atoms with Gasteiger partial charge in [0.2, 0.25) is 0 Å². The van der Waals surface area contributed by atoms with Gasteiger partial charge in [-0.25, -0.2) is 0 Å². The Bertz CT molecular complexity index is 369. The Labute approximate surface area is 89.5 Å². The molecular formula is C12H14ClN. The number of benzene rings is 1. The van der Waals surface area contributed by atoms with Crippen molar-refractivity contribution in [3.8, 4) is 0 Å². The first kappa shape index (κ1) is 8.75. The zero-order chi connectivity index (χ0) is 9.60. The van der Waals surface area contributed by atoms with Gasteiger partial charge in [-0.2, -0.15) is 0 Å². The van der Waals surface area contributed by atoms with Crippen molar-refractivity contribution >= 4 is 11.6 Å². The molecule has 1 N–H and O–H groups in total. The number of halogens is 1. The van der Waals surface area contributed by atoms with Gasteiger partial charge < -0.3 is 5.32 Å². The summed E-state index contributed by atoms with van der Waals surface area (Å²) in [7, 11) is 0. The Morgan fingerprint density at radius 2 is 2.14 bits per heavy atom. The summed E-state index contributed by atoms with van der Waals surface area (Å²) in [5.41, 5.74) is 3.48. The molecule has 3 rings (SSSR count). The number of fused-ring (bicyclic) bond motifs is 2. The third-order valence-electron chi connectivity index (χ3n) is 3.53. The molecule has 0 unspecified atom stereocenters. The minimum atomic E-state index is 0.469. The molecule has 74 valence electrons. The molecule has 0 bridgehead atoms. The van der Waals surface area contributed by atoms with Gasteiger partial charge in [-0.05, 0) is 49.1 Å². The molecule has 1 aliphatic carbocycles. The Kier molecular flexibility index (Phi) is 1.86. The number of hydrogen-bond acceptors (Lipinski definition) is 1. The summed E-state index contributed by atoms with van der Waals surface area (Å²) in [6.07, 6.45) is 3.81. The van der Waals surface area contributed by atoms with Crippen LogP contribution in [0.3, 0.4) is 0 Å². The van der Waals surface area contributed by atoms with Crippen LogP contribution in [0.25, 0.3) is 0 Å². The van der Waals surface area contributed by atoms with E-state index in [1.807, 2.05) is 6.07 Å². The molecule has 1 aliphatic heterocycles. The molecule has 2 aliphatic rings. The minimum absolute atomic E-state index is 0.469. The summed E-state index contributed by atoms with van der Waals surface area (Å²) in [5, 5.41) is 4.40. The highest BCUT2D eigenvalue weighted by molar-refractivity contribution is 6.30. The highest BCUT2D eigenvalue weighted by atomic mass is 35.5. The lowest BCUT2D eigenvalue weighted by molar-refractivity contribution is 0.603. The van der Waals surface area contributed by atoms with Crippen LogP contribution < -0.4 is 5.32 Å². The van der Waals surface area contributed by atoms with Gasteiger partial charge in [-0.1, -0.05) is 17.7 Å². The Balaban J connectivity index is 2.11. The molecule has 1 aromatic rings. The Hall–Kier alpha value is -0.530. The highest BCUT2D eigenvalue weighted by Crippen LogP contribution is 2.49. The molecule has 2 heteroatoms. The van der Waals surface area contributed by atoms with E-state index in [1.54, 1.807) is 5.56 Å². The zero-order valence-electron chi connectivity index (χ0n) is 8.15. The van der Waals surface area contributed by atoms with E-state index in [4.69, 9.17) is 11.6 Å². The Morgan fingerprint density at radius 1 is 1.29 bits per heavy atom. The van der Waals surface area contributed by atoms with Crippen molar-refractivity contribution < 1.29 is 0 Å². The number of nitrogens with one attached hydrogen (secondary N) is 1. The lowest BCUT2D eigenvalue weighted by atomic mass is 9.91. The van der Waals surface area contributed by atoms with E-state index < -0.39 is 0 Å². The highest BCUT2D eigenvalue weighted by Gasteiger charge is 2.45. The second kappa shape index (κ2) is 2.98. The van der Waals surface area contributed by atoms with Gasteiger partial charge in [0.25, 0.3) is 0 Å². The molecule has 1 aromatic carbocycles. The fraction of sp³-hybridized carbons (Fsp3) is 0.500. The van der Waals surface area contributed by atoms with Gasteiger partial charge in [0.1, 0.15) is 0 Å². The summed E-state index contributed by atoms with van der Waals surface area (Å²) in [5.74, 6) is 0. The first-order valence-corrected chi connectivity index (χ1v) is 5.68. The van der Waals surface area contributed by atoms with Crippen LogP contribution in [-0.4, -0.2) is 13.1 Å². The summed E-state index contributed by atoms with van der Waals surface area (Å²) in [6, 6.07) is 6.41. The molecule has 0 amide bonds. The van der Waals surface area contributed by atoms with Crippen molar-refractivity contribution in [2.24, 2.45) is 0 Å². The fourth-order valence-electron chi connectivity index (χ4n) is 2.53. The van der Waals surface area contributed by atoms with Crippen LogP contribution in [0, 0.1) is 0 Å². The normalized spacial score (nSPS) is 22.9. The van der Waals surface area contributed by atoms with Crippen LogP contribution in [0.5, 0.6) is 0 Å². The maximum Gasteiger partial charge on any atom is 0.0408 e. The summed E-state index contributed by atoms with van der Waals surface area (Å²) < 4.78 is 0. The topological polar surface area (TPSA) is 12.0 Å². The fourth-order valence-corrected chi connectivity index (χ4v) is 2.72. The van der Waals surface area contributed by atoms with Gasteiger partial charge in [-0.15, -0.1) is 0 Å².